The molecule has 0 aliphatic heterocycles. The highest BCUT2D eigenvalue weighted by molar-refractivity contribution is 5.46. The van der Waals surface area contributed by atoms with E-state index >= 15 is 0 Å². The van der Waals surface area contributed by atoms with Crippen LogP contribution in [0.5, 0.6) is 0 Å². The molecule has 2 rings (SSSR count). The average molecular weight is 233 g/mol. The summed E-state index contributed by atoms with van der Waals surface area (Å²) in [6, 6.07) is 7.82. The second-order valence-corrected chi connectivity index (χ2v) is 3.74. The van der Waals surface area contributed by atoms with Gasteiger partial charge in [0.15, 0.2) is 0 Å². The minimum atomic E-state index is -1.12. The van der Waals surface area contributed by atoms with Gasteiger partial charge in [0.1, 0.15) is 11.9 Å². The van der Waals surface area contributed by atoms with Gasteiger partial charge in [0.25, 0.3) is 5.69 Å². The Morgan fingerprint density at radius 1 is 1.41 bits per heavy atom. The van der Waals surface area contributed by atoms with Gasteiger partial charge in [0, 0.05) is 6.07 Å². The van der Waals surface area contributed by atoms with E-state index in [-0.39, 0.29) is 11.3 Å². The standard InChI is InChI=1S/C12H11NO4/c1-8-4-5-10(13(15)16)9(7-8)12(14)11-3-2-6-17-11/h2-7,12,14H,1H3/t12-/m0/s1. The summed E-state index contributed by atoms with van der Waals surface area (Å²) in [6.07, 6.45) is 0.297. The zero-order valence-electron chi connectivity index (χ0n) is 9.16. The van der Waals surface area contributed by atoms with Crippen LogP contribution < -0.4 is 0 Å². The van der Waals surface area contributed by atoms with Crippen molar-refractivity contribution in [3.05, 3.63) is 63.6 Å². The molecule has 0 amide bonds. The first kappa shape index (κ1) is 11.3. The van der Waals surface area contributed by atoms with E-state index in [0.29, 0.717) is 5.76 Å². The number of benzene rings is 1. The van der Waals surface area contributed by atoms with E-state index in [9.17, 15) is 15.2 Å². The van der Waals surface area contributed by atoms with Gasteiger partial charge in [-0.15, -0.1) is 0 Å². The molecule has 1 atom stereocenters. The lowest BCUT2D eigenvalue weighted by Gasteiger charge is -2.09. The quantitative estimate of drug-likeness (QED) is 0.652. The van der Waals surface area contributed by atoms with Crippen LogP contribution in [-0.2, 0) is 0 Å². The van der Waals surface area contributed by atoms with Crippen molar-refractivity contribution in [3.63, 3.8) is 0 Å². The number of furan rings is 1. The van der Waals surface area contributed by atoms with Crippen LogP contribution in [0.25, 0.3) is 0 Å². The van der Waals surface area contributed by atoms with Crippen LogP contribution in [0, 0.1) is 17.0 Å². The maximum atomic E-state index is 10.9. The third-order valence-corrected chi connectivity index (χ3v) is 2.49. The van der Waals surface area contributed by atoms with Crippen molar-refractivity contribution in [2.24, 2.45) is 0 Å². The van der Waals surface area contributed by atoms with Crippen molar-refractivity contribution in [1.82, 2.24) is 0 Å². The minimum absolute atomic E-state index is 0.112. The van der Waals surface area contributed by atoms with E-state index in [1.807, 2.05) is 6.92 Å². The number of rotatable bonds is 3. The normalized spacial score (nSPS) is 12.4. The predicted octanol–water partition coefficient (Wildman–Crippen LogP) is 2.58. The summed E-state index contributed by atoms with van der Waals surface area (Å²) in [4.78, 5) is 10.4. The predicted molar refractivity (Wildman–Crippen MR) is 60.6 cm³/mol. The molecule has 1 N–H and O–H groups in total. The molecular weight excluding hydrogens is 222 g/mol. The lowest BCUT2D eigenvalue weighted by atomic mass is 10.0. The van der Waals surface area contributed by atoms with Crippen molar-refractivity contribution in [2.45, 2.75) is 13.0 Å². The first-order valence-corrected chi connectivity index (χ1v) is 5.06. The van der Waals surface area contributed by atoms with Gasteiger partial charge >= 0.3 is 0 Å². The van der Waals surface area contributed by atoms with Crippen LogP contribution in [0.3, 0.4) is 0 Å². The van der Waals surface area contributed by atoms with Gasteiger partial charge in [-0.1, -0.05) is 11.6 Å². The molecule has 0 saturated heterocycles. The van der Waals surface area contributed by atoms with Crippen molar-refractivity contribution in [2.75, 3.05) is 0 Å². The fourth-order valence-electron chi connectivity index (χ4n) is 1.66. The molecule has 0 bridgehead atoms. The Bertz CT molecular complexity index is 533. The SMILES string of the molecule is Cc1ccc([N+](=O)[O-])c([C@H](O)c2ccco2)c1. The first-order chi connectivity index (χ1) is 8.09. The number of aliphatic hydroxyl groups excluding tert-OH is 1. The van der Waals surface area contributed by atoms with Crippen LogP contribution in [0.2, 0.25) is 0 Å². The lowest BCUT2D eigenvalue weighted by Crippen LogP contribution is -2.03. The monoisotopic (exact) mass is 233 g/mol. The van der Waals surface area contributed by atoms with E-state index in [1.54, 1.807) is 24.3 Å². The third kappa shape index (κ3) is 2.19. The van der Waals surface area contributed by atoms with E-state index in [2.05, 4.69) is 0 Å². The maximum Gasteiger partial charge on any atom is 0.275 e. The molecule has 0 fully saturated rings. The van der Waals surface area contributed by atoms with Crippen molar-refractivity contribution >= 4 is 5.69 Å². The molecule has 0 aliphatic carbocycles. The molecule has 1 aromatic carbocycles. The molecular formula is C12H11NO4. The first-order valence-electron chi connectivity index (χ1n) is 5.06. The molecule has 17 heavy (non-hydrogen) atoms. The summed E-state index contributed by atoms with van der Waals surface area (Å²) in [5, 5.41) is 20.9. The van der Waals surface area contributed by atoms with Gasteiger partial charge < -0.3 is 9.52 Å². The van der Waals surface area contributed by atoms with Gasteiger partial charge in [0.05, 0.1) is 16.7 Å². The number of hydrogen-bond donors (Lipinski definition) is 1. The highest BCUT2D eigenvalue weighted by atomic mass is 16.6. The van der Waals surface area contributed by atoms with E-state index < -0.39 is 11.0 Å². The molecule has 2 aromatic rings. The van der Waals surface area contributed by atoms with Crippen LogP contribution in [0.1, 0.15) is 23.0 Å². The summed E-state index contributed by atoms with van der Waals surface area (Å²) >= 11 is 0. The van der Waals surface area contributed by atoms with Crippen LogP contribution >= 0.6 is 0 Å². The van der Waals surface area contributed by atoms with Gasteiger partial charge in [-0.25, -0.2) is 0 Å². The zero-order chi connectivity index (χ0) is 12.4. The lowest BCUT2D eigenvalue weighted by molar-refractivity contribution is -0.386. The Morgan fingerprint density at radius 2 is 2.18 bits per heavy atom. The molecule has 0 aliphatic rings. The number of hydrogen-bond acceptors (Lipinski definition) is 4. The fourth-order valence-corrected chi connectivity index (χ4v) is 1.66. The smallest absolute Gasteiger partial charge is 0.275 e. The molecule has 1 heterocycles. The molecule has 0 spiro atoms. The van der Waals surface area contributed by atoms with Gasteiger partial charge in [0.2, 0.25) is 0 Å². The third-order valence-electron chi connectivity index (χ3n) is 2.49. The molecule has 0 radical (unpaired) electrons. The number of nitro groups is 1. The largest absolute Gasteiger partial charge is 0.466 e. The summed E-state index contributed by atoms with van der Waals surface area (Å²) in [5.74, 6) is 0.290. The summed E-state index contributed by atoms with van der Waals surface area (Å²) in [5.41, 5.74) is 0.973. The Labute approximate surface area is 97.5 Å². The molecule has 1 aromatic heterocycles. The topological polar surface area (TPSA) is 76.5 Å². The highest BCUT2D eigenvalue weighted by Gasteiger charge is 2.23. The fraction of sp³-hybridized carbons (Fsp3) is 0.167. The van der Waals surface area contributed by atoms with Crippen molar-refractivity contribution in [3.8, 4) is 0 Å². The second-order valence-electron chi connectivity index (χ2n) is 3.74. The van der Waals surface area contributed by atoms with Gasteiger partial charge in [-0.05, 0) is 25.1 Å². The highest BCUT2D eigenvalue weighted by Crippen LogP contribution is 2.30. The Kier molecular flexibility index (Phi) is 2.93. The van der Waals surface area contributed by atoms with E-state index in [0.717, 1.165) is 5.56 Å². The Balaban J connectivity index is 2.50. The number of nitrogens with zero attached hydrogens (tertiary/aromatic N) is 1. The second kappa shape index (κ2) is 4.39. The van der Waals surface area contributed by atoms with Crippen LogP contribution in [-0.4, -0.2) is 10.0 Å². The molecule has 0 saturated carbocycles. The maximum absolute atomic E-state index is 10.9. The summed E-state index contributed by atoms with van der Waals surface area (Å²) in [7, 11) is 0. The summed E-state index contributed by atoms with van der Waals surface area (Å²) < 4.78 is 5.05. The Morgan fingerprint density at radius 3 is 2.76 bits per heavy atom. The number of nitro benzene ring substituents is 1. The number of aliphatic hydroxyl groups is 1. The van der Waals surface area contributed by atoms with E-state index in [1.165, 1.54) is 12.3 Å². The van der Waals surface area contributed by atoms with E-state index in [4.69, 9.17) is 4.42 Å². The average Bonchev–Trinajstić information content (AvgIpc) is 2.80. The molecule has 88 valence electrons. The Hall–Kier alpha value is -2.14. The van der Waals surface area contributed by atoms with Crippen molar-refractivity contribution < 1.29 is 14.4 Å². The van der Waals surface area contributed by atoms with Crippen molar-refractivity contribution in [1.29, 1.82) is 0 Å². The minimum Gasteiger partial charge on any atom is -0.466 e. The van der Waals surface area contributed by atoms with Crippen LogP contribution in [0.4, 0.5) is 5.69 Å². The van der Waals surface area contributed by atoms with Crippen LogP contribution in [0.15, 0.2) is 41.0 Å². The number of aryl methyl sites for hydroxylation is 1. The van der Waals surface area contributed by atoms with Gasteiger partial charge in [-0.3, -0.25) is 10.1 Å². The molecule has 5 heteroatoms. The molecule has 5 nitrogen and oxygen atoms in total. The van der Waals surface area contributed by atoms with Gasteiger partial charge in [-0.2, -0.15) is 0 Å². The molecule has 0 unspecified atom stereocenters. The zero-order valence-corrected chi connectivity index (χ0v) is 9.16. The summed E-state index contributed by atoms with van der Waals surface area (Å²) in [6.45, 7) is 1.81.